The van der Waals surface area contributed by atoms with E-state index in [0.717, 1.165) is 55.5 Å². The highest BCUT2D eigenvalue weighted by molar-refractivity contribution is 7.77. The van der Waals surface area contributed by atoms with Gasteiger partial charge in [0.15, 0.2) is 5.82 Å². The highest BCUT2D eigenvalue weighted by Gasteiger charge is 2.27. The van der Waals surface area contributed by atoms with E-state index >= 15 is 0 Å². The van der Waals surface area contributed by atoms with Crippen LogP contribution in [0.25, 0.3) is 0 Å². The van der Waals surface area contributed by atoms with E-state index < -0.39 is 11.3 Å². The van der Waals surface area contributed by atoms with Crippen molar-refractivity contribution in [1.82, 2.24) is 14.7 Å². The van der Waals surface area contributed by atoms with Gasteiger partial charge >= 0.3 is 0 Å². The van der Waals surface area contributed by atoms with Crippen molar-refractivity contribution in [2.45, 2.75) is 70.9 Å². The molecular formula is C24H32ClN6O3S-. The number of nitrogens with one attached hydrogen (secondary N) is 3. The molecule has 3 N–H and O–H groups in total. The molecular weight excluding hydrogens is 488 g/mol. The van der Waals surface area contributed by atoms with Gasteiger partial charge in [0.2, 0.25) is 11.9 Å². The SMILES string of the molecule is CC(C)N1C(=O)CCCc2cc(Nc3ncc(Cl)c(N[C@@H]4CCCC[C@@H]4CNS(=O)[O-])n3)ccc21. The van der Waals surface area contributed by atoms with Crippen LogP contribution >= 0.6 is 11.6 Å². The van der Waals surface area contributed by atoms with Gasteiger partial charge in [-0.25, -0.2) is 9.71 Å². The van der Waals surface area contributed by atoms with E-state index in [1.807, 2.05) is 30.9 Å². The van der Waals surface area contributed by atoms with Crippen LogP contribution in [0.15, 0.2) is 24.4 Å². The molecule has 1 unspecified atom stereocenters. The zero-order chi connectivity index (χ0) is 24.9. The zero-order valence-electron chi connectivity index (χ0n) is 20.1. The second-order valence-electron chi connectivity index (χ2n) is 9.45. The Bertz CT molecular complexity index is 1090. The number of halogens is 1. The number of rotatable bonds is 8. The molecule has 1 aliphatic heterocycles. The van der Waals surface area contributed by atoms with Crippen molar-refractivity contribution >= 4 is 51.9 Å². The monoisotopic (exact) mass is 519 g/mol. The predicted molar refractivity (Wildman–Crippen MR) is 139 cm³/mol. The molecule has 1 fully saturated rings. The third-order valence-corrected chi connectivity index (χ3v) is 7.33. The Morgan fingerprint density at radius 2 is 2.03 bits per heavy atom. The van der Waals surface area contributed by atoms with Gasteiger partial charge < -0.3 is 20.1 Å². The van der Waals surface area contributed by atoms with Crippen LogP contribution in [-0.2, 0) is 22.5 Å². The van der Waals surface area contributed by atoms with Crippen LogP contribution in [0.5, 0.6) is 0 Å². The first-order chi connectivity index (χ1) is 16.8. The highest BCUT2D eigenvalue weighted by atomic mass is 35.5. The fraction of sp³-hybridized carbons (Fsp3) is 0.542. The minimum atomic E-state index is -2.28. The van der Waals surface area contributed by atoms with E-state index in [-0.39, 0.29) is 23.9 Å². The molecule has 1 aromatic heterocycles. The first-order valence-corrected chi connectivity index (χ1v) is 13.6. The van der Waals surface area contributed by atoms with Gasteiger partial charge in [0, 0.05) is 47.7 Å². The summed E-state index contributed by atoms with van der Waals surface area (Å²) in [4.78, 5) is 23.4. The van der Waals surface area contributed by atoms with E-state index in [1.165, 1.54) is 0 Å². The number of aryl methyl sites for hydroxylation is 1. The first kappa shape index (κ1) is 25.8. The quantitative estimate of drug-likeness (QED) is 0.444. The normalized spacial score (nSPS) is 21.4. The largest absolute Gasteiger partial charge is 0.760 e. The van der Waals surface area contributed by atoms with Crippen molar-refractivity contribution in [2.75, 3.05) is 22.1 Å². The molecule has 1 aromatic carbocycles. The highest BCUT2D eigenvalue weighted by Crippen LogP contribution is 2.33. The Morgan fingerprint density at radius 1 is 1.23 bits per heavy atom. The van der Waals surface area contributed by atoms with Gasteiger partial charge in [-0.2, -0.15) is 4.98 Å². The van der Waals surface area contributed by atoms with Crippen molar-refractivity contribution in [2.24, 2.45) is 5.92 Å². The molecule has 0 bridgehead atoms. The number of fused-ring (bicyclic) bond motifs is 1. The van der Waals surface area contributed by atoms with Crippen molar-refractivity contribution in [3.63, 3.8) is 0 Å². The van der Waals surface area contributed by atoms with Gasteiger partial charge in [0.05, 0.1) is 6.20 Å². The van der Waals surface area contributed by atoms with Gasteiger partial charge in [0.1, 0.15) is 5.02 Å². The molecule has 190 valence electrons. The number of amides is 1. The van der Waals surface area contributed by atoms with Crippen LogP contribution in [0, 0.1) is 5.92 Å². The predicted octanol–water partition coefficient (Wildman–Crippen LogP) is 4.31. The molecule has 0 spiro atoms. The molecule has 2 heterocycles. The topological polar surface area (TPSA) is 122 Å². The molecule has 1 saturated carbocycles. The number of anilines is 4. The molecule has 2 aromatic rings. The van der Waals surface area contributed by atoms with Crippen LogP contribution in [0.1, 0.15) is 57.9 Å². The summed E-state index contributed by atoms with van der Waals surface area (Å²) in [5.41, 5.74) is 2.92. The molecule has 0 saturated heterocycles. The first-order valence-electron chi connectivity index (χ1n) is 12.2. The average Bonchev–Trinajstić information content (AvgIpc) is 2.98. The summed E-state index contributed by atoms with van der Waals surface area (Å²) < 4.78 is 24.4. The number of benzene rings is 1. The zero-order valence-corrected chi connectivity index (χ0v) is 21.6. The minimum Gasteiger partial charge on any atom is -0.760 e. The van der Waals surface area contributed by atoms with Crippen molar-refractivity contribution in [3.05, 3.63) is 35.0 Å². The third kappa shape index (κ3) is 6.49. The van der Waals surface area contributed by atoms with Crippen LogP contribution in [-0.4, -0.2) is 43.3 Å². The van der Waals surface area contributed by atoms with E-state index in [9.17, 15) is 13.6 Å². The van der Waals surface area contributed by atoms with Gasteiger partial charge in [0.25, 0.3) is 0 Å². The van der Waals surface area contributed by atoms with Crippen molar-refractivity contribution in [3.8, 4) is 0 Å². The average molecular weight is 520 g/mol. The van der Waals surface area contributed by atoms with Gasteiger partial charge in [-0.15, -0.1) is 0 Å². The van der Waals surface area contributed by atoms with Crippen LogP contribution in [0.3, 0.4) is 0 Å². The van der Waals surface area contributed by atoms with E-state index in [0.29, 0.717) is 29.8 Å². The van der Waals surface area contributed by atoms with Crippen molar-refractivity contribution < 1.29 is 13.6 Å². The molecule has 1 amide bonds. The standard InChI is InChI=1S/C24H33ClN6O3S/c1-15(2)31-21-11-10-18(12-16(21)7-5-9-22(31)32)28-24-26-14-19(25)23(30-24)29-20-8-4-3-6-17(20)13-27-35(33)34/h10-12,14-15,17,20,27H,3-9,13H2,1-2H3,(H,33,34)(H2,26,28,29,30)/p-1/t17-,20-/m1/s1. The lowest BCUT2D eigenvalue weighted by Gasteiger charge is -2.33. The Kier molecular flexibility index (Phi) is 8.59. The lowest BCUT2D eigenvalue weighted by Crippen LogP contribution is -2.39. The second kappa shape index (κ2) is 11.6. The van der Waals surface area contributed by atoms with E-state index in [2.05, 4.69) is 31.4 Å². The minimum absolute atomic E-state index is 0.0621. The van der Waals surface area contributed by atoms with Crippen LogP contribution in [0.4, 0.5) is 23.1 Å². The summed E-state index contributed by atoms with van der Waals surface area (Å²) >= 11 is 4.12. The van der Waals surface area contributed by atoms with Crippen LogP contribution in [0.2, 0.25) is 5.02 Å². The summed E-state index contributed by atoms with van der Waals surface area (Å²) in [6, 6.07) is 6.13. The fourth-order valence-corrected chi connectivity index (χ4v) is 5.50. The summed E-state index contributed by atoms with van der Waals surface area (Å²) in [5, 5.41) is 7.10. The molecule has 9 nitrogen and oxygen atoms in total. The lowest BCUT2D eigenvalue weighted by atomic mass is 9.84. The Balaban J connectivity index is 1.51. The summed E-state index contributed by atoms with van der Waals surface area (Å²) in [6.45, 7) is 4.44. The van der Waals surface area contributed by atoms with E-state index in [4.69, 9.17) is 11.6 Å². The summed E-state index contributed by atoms with van der Waals surface area (Å²) in [7, 11) is 0. The molecule has 1 aliphatic carbocycles. The number of hydrogen-bond acceptors (Lipinski definition) is 7. The third-order valence-electron chi connectivity index (χ3n) is 6.66. The fourth-order valence-electron chi connectivity index (χ4n) is 5.00. The molecule has 35 heavy (non-hydrogen) atoms. The summed E-state index contributed by atoms with van der Waals surface area (Å²) in [5.74, 6) is 1.25. The maximum absolute atomic E-state index is 12.6. The molecule has 3 atom stereocenters. The second-order valence-corrected chi connectivity index (χ2v) is 10.6. The van der Waals surface area contributed by atoms with Crippen molar-refractivity contribution in [1.29, 1.82) is 0 Å². The number of nitrogens with zero attached hydrogens (tertiary/aromatic N) is 3. The Morgan fingerprint density at radius 3 is 2.80 bits per heavy atom. The maximum atomic E-state index is 12.6. The Hall–Kier alpha value is -2.27. The molecule has 0 radical (unpaired) electrons. The number of carbonyl (C=O) groups excluding carboxylic acids is 1. The number of aromatic nitrogens is 2. The van der Waals surface area contributed by atoms with Gasteiger partial charge in [-0.1, -0.05) is 24.4 Å². The van der Waals surface area contributed by atoms with Gasteiger partial charge in [-0.05, 0) is 69.2 Å². The maximum Gasteiger partial charge on any atom is 0.229 e. The van der Waals surface area contributed by atoms with E-state index in [1.54, 1.807) is 6.20 Å². The number of carbonyl (C=O) groups is 1. The Labute approximate surface area is 213 Å². The lowest BCUT2D eigenvalue weighted by molar-refractivity contribution is -0.118. The molecule has 4 rings (SSSR count). The number of hydrogen-bond donors (Lipinski definition) is 3. The van der Waals surface area contributed by atoms with Gasteiger partial charge in [-0.3, -0.25) is 9.00 Å². The smallest absolute Gasteiger partial charge is 0.229 e. The molecule has 11 heteroatoms. The molecule has 2 aliphatic rings. The van der Waals surface area contributed by atoms with Crippen LogP contribution < -0.4 is 20.3 Å². The summed E-state index contributed by atoms with van der Waals surface area (Å²) in [6.07, 6.45) is 7.74.